The van der Waals surface area contributed by atoms with E-state index < -0.39 is 0 Å². The van der Waals surface area contributed by atoms with Crippen LogP contribution in [0.3, 0.4) is 0 Å². The largest absolute Gasteiger partial charge is 0.497 e. The average Bonchev–Trinajstić information content (AvgIpc) is 3.00. The lowest BCUT2D eigenvalue weighted by Crippen LogP contribution is -2.58. The molecule has 1 N–H and O–H groups in total. The van der Waals surface area contributed by atoms with E-state index >= 15 is 0 Å². The third kappa shape index (κ3) is 4.07. The summed E-state index contributed by atoms with van der Waals surface area (Å²) in [6.45, 7) is 1.89. The van der Waals surface area contributed by atoms with E-state index in [4.69, 9.17) is 4.74 Å². The molecule has 2 heterocycles. The number of hydrogen-bond acceptors (Lipinski definition) is 3. The summed E-state index contributed by atoms with van der Waals surface area (Å²) < 4.78 is 5.23. The number of fused-ring (bicyclic) bond motifs is 1. The Hall–Kier alpha value is -2.33. The summed E-state index contributed by atoms with van der Waals surface area (Å²) in [6, 6.07) is 19.3. The Kier molecular flexibility index (Phi) is 5.96. The third-order valence-corrected chi connectivity index (χ3v) is 6.30. The van der Waals surface area contributed by atoms with Gasteiger partial charge in [0.05, 0.1) is 13.5 Å². The quantitative estimate of drug-likeness (QED) is 0.881. The van der Waals surface area contributed by atoms with Crippen molar-refractivity contribution in [3.63, 3.8) is 0 Å². The minimum Gasteiger partial charge on any atom is -0.497 e. The van der Waals surface area contributed by atoms with Gasteiger partial charge in [-0.05, 0) is 49.1 Å². The van der Waals surface area contributed by atoms with Gasteiger partial charge >= 0.3 is 0 Å². The molecule has 0 saturated carbocycles. The number of ether oxygens (including phenoxy) is 1. The Bertz CT molecular complexity index is 775. The van der Waals surface area contributed by atoms with E-state index in [2.05, 4.69) is 40.5 Å². The van der Waals surface area contributed by atoms with E-state index in [0.717, 1.165) is 37.2 Å². The molecule has 2 saturated heterocycles. The second kappa shape index (κ2) is 8.78. The molecule has 0 spiro atoms. The molecule has 1 amide bonds. The summed E-state index contributed by atoms with van der Waals surface area (Å²) in [4.78, 5) is 15.4. The van der Waals surface area contributed by atoms with Gasteiger partial charge in [-0.3, -0.25) is 4.79 Å². The Morgan fingerprint density at radius 1 is 1.07 bits per heavy atom. The number of amides is 1. The minimum atomic E-state index is 0.246. The highest BCUT2D eigenvalue weighted by Crippen LogP contribution is 2.35. The first-order valence-electron chi connectivity index (χ1n) is 10.5. The molecule has 0 aliphatic carbocycles. The van der Waals surface area contributed by atoms with Crippen LogP contribution in [0.4, 0.5) is 0 Å². The fourth-order valence-electron chi connectivity index (χ4n) is 4.85. The van der Waals surface area contributed by atoms with Gasteiger partial charge in [0.25, 0.3) is 0 Å². The number of methoxy groups -OCH3 is 1. The zero-order valence-electron chi connectivity index (χ0n) is 16.6. The molecule has 0 aromatic heterocycles. The lowest BCUT2D eigenvalue weighted by Gasteiger charge is -2.45. The summed E-state index contributed by atoms with van der Waals surface area (Å²) in [6.07, 6.45) is 4.95. The van der Waals surface area contributed by atoms with Crippen molar-refractivity contribution in [2.45, 2.75) is 50.1 Å². The Balaban J connectivity index is 1.52. The van der Waals surface area contributed by atoms with Gasteiger partial charge in [0.2, 0.25) is 5.91 Å². The molecular formula is C24H30N2O2. The summed E-state index contributed by atoms with van der Waals surface area (Å²) in [5, 5.41) is 3.79. The zero-order chi connectivity index (χ0) is 19.3. The molecule has 2 aliphatic rings. The van der Waals surface area contributed by atoms with Crippen molar-refractivity contribution < 1.29 is 9.53 Å². The van der Waals surface area contributed by atoms with Crippen LogP contribution in [0.5, 0.6) is 5.75 Å². The van der Waals surface area contributed by atoms with Crippen LogP contribution < -0.4 is 10.1 Å². The van der Waals surface area contributed by atoms with Crippen LogP contribution in [0.1, 0.15) is 42.7 Å². The number of carbonyl (C=O) groups is 1. The van der Waals surface area contributed by atoms with Crippen molar-refractivity contribution in [1.29, 1.82) is 0 Å². The van der Waals surface area contributed by atoms with Crippen molar-refractivity contribution in [2.75, 3.05) is 20.2 Å². The Morgan fingerprint density at radius 2 is 1.86 bits per heavy atom. The van der Waals surface area contributed by atoms with E-state index in [-0.39, 0.29) is 11.9 Å². The van der Waals surface area contributed by atoms with Gasteiger partial charge in [-0.2, -0.15) is 0 Å². The number of carbonyl (C=O) groups excluding carboxylic acids is 1. The van der Waals surface area contributed by atoms with Crippen molar-refractivity contribution in [3.8, 4) is 5.75 Å². The first-order valence-corrected chi connectivity index (χ1v) is 10.5. The molecule has 0 unspecified atom stereocenters. The SMILES string of the molecule is COc1ccc(CC(=O)N2CC[C@H](c3ccccc3)[C@H]3NCCCC[C@H]32)cc1. The van der Waals surface area contributed by atoms with Gasteiger partial charge in [-0.15, -0.1) is 0 Å². The summed E-state index contributed by atoms with van der Waals surface area (Å²) in [7, 11) is 1.66. The molecule has 4 rings (SSSR count). The number of hydrogen-bond donors (Lipinski definition) is 1. The Morgan fingerprint density at radius 3 is 2.61 bits per heavy atom. The fourth-order valence-corrected chi connectivity index (χ4v) is 4.85. The summed E-state index contributed by atoms with van der Waals surface area (Å²) in [5.41, 5.74) is 2.45. The maximum absolute atomic E-state index is 13.2. The van der Waals surface area contributed by atoms with Gasteiger partial charge in [0.15, 0.2) is 0 Å². The maximum Gasteiger partial charge on any atom is 0.227 e. The van der Waals surface area contributed by atoms with E-state index in [1.54, 1.807) is 7.11 Å². The smallest absolute Gasteiger partial charge is 0.227 e. The van der Waals surface area contributed by atoms with Crippen LogP contribution in [0.2, 0.25) is 0 Å². The van der Waals surface area contributed by atoms with Crippen LogP contribution >= 0.6 is 0 Å². The van der Waals surface area contributed by atoms with E-state index in [1.807, 2.05) is 24.3 Å². The molecule has 4 nitrogen and oxygen atoms in total. The third-order valence-electron chi connectivity index (χ3n) is 6.30. The van der Waals surface area contributed by atoms with Gasteiger partial charge < -0.3 is 15.0 Å². The average molecular weight is 379 g/mol. The molecule has 2 aromatic carbocycles. The number of likely N-dealkylation sites (tertiary alicyclic amines) is 1. The molecule has 4 heteroatoms. The molecule has 0 radical (unpaired) electrons. The molecule has 28 heavy (non-hydrogen) atoms. The van der Waals surface area contributed by atoms with Gasteiger partial charge in [0, 0.05) is 24.5 Å². The normalized spacial score (nSPS) is 24.9. The van der Waals surface area contributed by atoms with E-state index in [0.29, 0.717) is 18.4 Å². The second-order valence-electron chi connectivity index (χ2n) is 7.96. The Labute approximate surface area is 167 Å². The predicted octanol–water partition coefficient (Wildman–Crippen LogP) is 3.76. The van der Waals surface area contributed by atoms with Crippen LogP contribution in [0.15, 0.2) is 54.6 Å². The number of nitrogens with zero attached hydrogens (tertiary/aromatic N) is 1. The molecule has 3 atom stereocenters. The topological polar surface area (TPSA) is 41.6 Å². The molecule has 2 aromatic rings. The summed E-state index contributed by atoms with van der Waals surface area (Å²) >= 11 is 0. The van der Waals surface area contributed by atoms with E-state index in [1.165, 1.54) is 18.4 Å². The second-order valence-corrected chi connectivity index (χ2v) is 7.96. The van der Waals surface area contributed by atoms with Crippen LogP contribution in [0.25, 0.3) is 0 Å². The number of nitrogens with one attached hydrogen (secondary N) is 1. The van der Waals surface area contributed by atoms with Gasteiger partial charge in [-0.1, -0.05) is 48.9 Å². The lowest BCUT2D eigenvalue weighted by molar-refractivity contribution is -0.135. The monoisotopic (exact) mass is 378 g/mol. The highest BCUT2D eigenvalue weighted by Gasteiger charge is 2.40. The first kappa shape index (κ1) is 19.0. The maximum atomic E-state index is 13.2. The van der Waals surface area contributed by atoms with Crippen molar-refractivity contribution in [1.82, 2.24) is 10.2 Å². The highest BCUT2D eigenvalue weighted by molar-refractivity contribution is 5.79. The number of rotatable bonds is 4. The molecule has 0 bridgehead atoms. The molecule has 2 aliphatic heterocycles. The lowest BCUT2D eigenvalue weighted by atomic mass is 9.79. The van der Waals surface area contributed by atoms with Gasteiger partial charge in [-0.25, -0.2) is 0 Å². The van der Waals surface area contributed by atoms with Gasteiger partial charge in [0.1, 0.15) is 5.75 Å². The zero-order valence-corrected chi connectivity index (χ0v) is 16.6. The van der Waals surface area contributed by atoms with Crippen LogP contribution in [-0.2, 0) is 11.2 Å². The van der Waals surface area contributed by atoms with Crippen LogP contribution in [0, 0.1) is 0 Å². The predicted molar refractivity (Wildman–Crippen MR) is 112 cm³/mol. The molecular weight excluding hydrogens is 348 g/mol. The molecule has 148 valence electrons. The minimum absolute atomic E-state index is 0.246. The van der Waals surface area contributed by atoms with Crippen molar-refractivity contribution in [3.05, 3.63) is 65.7 Å². The first-order chi connectivity index (χ1) is 13.8. The highest BCUT2D eigenvalue weighted by atomic mass is 16.5. The fraction of sp³-hybridized carbons (Fsp3) is 0.458. The number of benzene rings is 2. The standard InChI is InChI=1S/C24H30N2O2/c1-28-20-12-10-18(11-13-20)17-23(27)26-16-14-21(19-7-3-2-4-8-19)24-22(26)9-5-6-15-25-24/h2-4,7-8,10-13,21-22,24-25H,5-6,9,14-17H2,1H3/t21-,22-,24-/m1/s1. The molecule has 2 fully saturated rings. The van der Waals surface area contributed by atoms with Crippen molar-refractivity contribution >= 4 is 5.91 Å². The summed E-state index contributed by atoms with van der Waals surface area (Å²) in [5.74, 6) is 1.55. The van der Waals surface area contributed by atoms with Crippen molar-refractivity contribution in [2.24, 2.45) is 0 Å². The van der Waals surface area contributed by atoms with Crippen LogP contribution in [-0.4, -0.2) is 43.1 Å². The van der Waals surface area contributed by atoms with E-state index in [9.17, 15) is 4.79 Å². The number of piperidine rings is 1.